The Morgan fingerprint density at radius 2 is 2.07 bits per heavy atom. The fourth-order valence-corrected chi connectivity index (χ4v) is 2.99. The second-order valence-electron chi connectivity index (χ2n) is 4.72. The van der Waals surface area contributed by atoms with Gasteiger partial charge in [0.1, 0.15) is 0 Å². The molecule has 2 aliphatic rings. The SMILES string of the molecule is C[C@H](N)C(=O)N1CCCC2CCCC21. The van der Waals surface area contributed by atoms with Crippen LogP contribution >= 0.6 is 0 Å². The lowest BCUT2D eigenvalue weighted by molar-refractivity contribution is -0.136. The molecule has 0 radical (unpaired) electrons. The highest BCUT2D eigenvalue weighted by atomic mass is 16.2. The summed E-state index contributed by atoms with van der Waals surface area (Å²) in [5.41, 5.74) is 5.66. The van der Waals surface area contributed by atoms with Gasteiger partial charge in [-0.1, -0.05) is 6.42 Å². The van der Waals surface area contributed by atoms with Crippen molar-refractivity contribution >= 4 is 5.91 Å². The van der Waals surface area contributed by atoms with E-state index in [-0.39, 0.29) is 11.9 Å². The minimum Gasteiger partial charge on any atom is -0.338 e. The van der Waals surface area contributed by atoms with Gasteiger partial charge in [0, 0.05) is 12.6 Å². The average molecular weight is 196 g/mol. The van der Waals surface area contributed by atoms with Gasteiger partial charge >= 0.3 is 0 Å². The van der Waals surface area contributed by atoms with Crippen LogP contribution in [0.4, 0.5) is 0 Å². The third kappa shape index (κ3) is 1.65. The zero-order valence-corrected chi connectivity index (χ0v) is 8.91. The van der Waals surface area contributed by atoms with E-state index in [0.717, 1.165) is 12.5 Å². The molecule has 2 rings (SSSR count). The minimum atomic E-state index is -0.325. The standard InChI is InChI=1S/C11H20N2O/c1-8(12)11(14)13-7-3-5-9-4-2-6-10(9)13/h8-10H,2-7,12H2,1H3/t8-,9?,10?/m0/s1. The van der Waals surface area contributed by atoms with E-state index < -0.39 is 0 Å². The predicted molar refractivity (Wildman–Crippen MR) is 55.7 cm³/mol. The molecule has 3 nitrogen and oxygen atoms in total. The molecule has 1 aliphatic carbocycles. The van der Waals surface area contributed by atoms with E-state index in [2.05, 4.69) is 0 Å². The van der Waals surface area contributed by atoms with Crippen molar-refractivity contribution in [2.75, 3.05) is 6.54 Å². The fourth-order valence-electron chi connectivity index (χ4n) is 2.99. The molecule has 1 aliphatic heterocycles. The summed E-state index contributed by atoms with van der Waals surface area (Å²) in [6.07, 6.45) is 6.28. The van der Waals surface area contributed by atoms with Crippen LogP contribution in [0, 0.1) is 5.92 Å². The third-order valence-electron chi connectivity index (χ3n) is 3.67. The molecule has 2 N–H and O–H groups in total. The van der Waals surface area contributed by atoms with Crippen LogP contribution in [0.1, 0.15) is 39.0 Å². The van der Waals surface area contributed by atoms with Crippen LogP contribution in [0.15, 0.2) is 0 Å². The molecule has 0 aromatic rings. The number of carbonyl (C=O) groups excluding carboxylic acids is 1. The second-order valence-corrected chi connectivity index (χ2v) is 4.72. The quantitative estimate of drug-likeness (QED) is 0.683. The zero-order chi connectivity index (χ0) is 10.1. The van der Waals surface area contributed by atoms with Crippen molar-refractivity contribution in [3.63, 3.8) is 0 Å². The molecule has 80 valence electrons. The number of amides is 1. The highest BCUT2D eigenvalue weighted by molar-refractivity contribution is 5.81. The summed E-state index contributed by atoms with van der Waals surface area (Å²) < 4.78 is 0. The van der Waals surface area contributed by atoms with Gasteiger partial charge in [0.05, 0.1) is 6.04 Å². The molecule has 1 heterocycles. The van der Waals surface area contributed by atoms with Crippen molar-refractivity contribution in [2.24, 2.45) is 11.7 Å². The smallest absolute Gasteiger partial charge is 0.239 e. The maximum atomic E-state index is 11.8. The van der Waals surface area contributed by atoms with Gasteiger partial charge in [0.25, 0.3) is 0 Å². The summed E-state index contributed by atoms with van der Waals surface area (Å²) >= 11 is 0. The fraction of sp³-hybridized carbons (Fsp3) is 0.909. The van der Waals surface area contributed by atoms with Crippen LogP contribution in [0.2, 0.25) is 0 Å². The van der Waals surface area contributed by atoms with Crippen molar-refractivity contribution in [2.45, 2.75) is 51.1 Å². The van der Waals surface area contributed by atoms with Crippen molar-refractivity contribution in [3.05, 3.63) is 0 Å². The van der Waals surface area contributed by atoms with Crippen molar-refractivity contribution in [1.29, 1.82) is 0 Å². The van der Waals surface area contributed by atoms with Gasteiger partial charge in [-0.05, 0) is 38.5 Å². The lowest BCUT2D eigenvalue weighted by Gasteiger charge is -2.38. The van der Waals surface area contributed by atoms with Crippen LogP contribution in [-0.4, -0.2) is 29.4 Å². The van der Waals surface area contributed by atoms with E-state index in [1.165, 1.54) is 32.1 Å². The lowest BCUT2D eigenvalue weighted by atomic mass is 9.91. The van der Waals surface area contributed by atoms with Gasteiger partial charge in [-0.15, -0.1) is 0 Å². The molecule has 0 aromatic carbocycles. The topological polar surface area (TPSA) is 46.3 Å². The van der Waals surface area contributed by atoms with Crippen LogP contribution < -0.4 is 5.73 Å². The number of carbonyl (C=O) groups is 1. The van der Waals surface area contributed by atoms with Gasteiger partial charge in [-0.2, -0.15) is 0 Å². The Balaban J connectivity index is 2.06. The Morgan fingerprint density at radius 3 is 2.79 bits per heavy atom. The average Bonchev–Trinajstić information content (AvgIpc) is 2.63. The molecule has 2 unspecified atom stereocenters. The van der Waals surface area contributed by atoms with Gasteiger partial charge in [0.15, 0.2) is 0 Å². The van der Waals surface area contributed by atoms with E-state index in [4.69, 9.17) is 5.73 Å². The number of fused-ring (bicyclic) bond motifs is 1. The Hall–Kier alpha value is -0.570. The summed E-state index contributed by atoms with van der Waals surface area (Å²) in [6.45, 7) is 2.72. The maximum Gasteiger partial charge on any atom is 0.239 e. The predicted octanol–water partition coefficient (Wildman–Crippen LogP) is 1.12. The molecule has 0 spiro atoms. The van der Waals surface area contributed by atoms with Gasteiger partial charge < -0.3 is 10.6 Å². The molecule has 1 saturated carbocycles. The number of hydrogen-bond donors (Lipinski definition) is 1. The Labute approximate surface area is 85.6 Å². The van der Waals surface area contributed by atoms with Gasteiger partial charge in [-0.25, -0.2) is 0 Å². The van der Waals surface area contributed by atoms with Crippen molar-refractivity contribution < 1.29 is 4.79 Å². The van der Waals surface area contributed by atoms with E-state index in [1.807, 2.05) is 4.90 Å². The lowest BCUT2D eigenvalue weighted by Crippen LogP contribution is -2.51. The number of rotatable bonds is 1. The molecule has 14 heavy (non-hydrogen) atoms. The van der Waals surface area contributed by atoms with Crippen LogP contribution in [0.25, 0.3) is 0 Å². The molecule has 3 atom stereocenters. The summed E-state index contributed by atoms with van der Waals surface area (Å²) in [6, 6.07) is 0.191. The molecule has 2 fully saturated rings. The van der Waals surface area contributed by atoms with Gasteiger partial charge in [0.2, 0.25) is 5.91 Å². The van der Waals surface area contributed by atoms with E-state index in [0.29, 0.717) is 6.04 Å². The first-order valence-corrected chi connectivity index (χ1v) is 5.76. The van der Waals surface area contributed by atoms with Crippen LogP contribution in [0.5, 0.6) is 0 Å². The first kappa shape index (κ1) is 9.97. The van der Waals surface area contributed by atoms with Crippen molar-refractivity contribution in [3.8, 4) is 0 Å². The highest BCUT2D eigenvalue weighted by Crippen LogP contribution is 2.36. The van der Waals surface area contributed by atoms with E-state index >= 15 is 0 Å². The molecule has 3 heteroatoms. The zero-order valence-electron chi connectivity index (χ0n) is 8.91. The largest absolute Gasteiger partial charge is 0.338 e. The molecular formula is C11H20N2O. The first-order valence-electron chi connectivity index (χ1n) is 5.76. The van der Waals surface area contributed by atoms with Crippen LogP contribution in [-0.2, 0) is 4.79 Å². The highest BCUT2D eigenvalue weighted by Gasteiger charge is 2.37. The molecular weight excluding hydrogens is 176 g/mol. The van der Waals surface area contributed by atoms with Crippen molar-refractivity contribution in [1.82, 2.24) is 4.90 Å². The molecule has 1 saturated heterocycles. The molecule has 0 bridgehead atoms. The monoisotopic (exact) mass is 196 g/mol. The number of hydrogen-bond acceptors (Lipinski definition) is 2. The first-order chi connectivity index (χ1) is 6.70. The number of piperidine rings is 1. The van der Waals surface area contributed by atoms with Crippen LogP contribution in [0.3, 0.4) is 0 Å². The number of nitrogens with zero attached hydrogens (tertiary/aromatic N) is 1. The summed E-state index contributed by atoms with van der Waals surface area (Å²) in [5, 5.41) is 0. The Morgan fingerprint density at radius 1 is 1.36 bits per heavy atom. The van der Waals surface area contributed by atoms with E-state index in [9.17, 15) is 4.79 Å². The van der Waals surface area contributed by atoms with E-state index in [1.54, 1.807) is 6.92 Å². The summed E-state index contributed by atoms with van der Waals surface area (Å²) in [5.74, 6) is 0.924. The number of likely N-dealkylation sites (tertiary alicyclic amines) is 1. The second kappa shape index (κ2) is 3.89. The summed E-state index contributed by atoms with van der Waals surface area (Å²) in [4.78, 5) is 13.9. The molecule has 0 aromatic heterocycles. The third-order valence-corrected chi connectivity index (χ3v) is 3.67. The summed E-state index contributed by atoms with van der Waals surface area (Å²) in [7, 11) is 0. The Kier molecular flexibility index (Phi) is 2.77. The maximum absolute atomic E-state index is 11.8. The minimum absolute atomic E-state index is 0.154. The van der Waals surface area contributed by atoms with Gasteiger partial charge in [-0.3, -0.25) is 4.79 Å². The normalized spacial score (nSPS) is 34.0. The molecule has 1 amide bonds. The Bertz CT molecular complexity index is 227. The number of nitrogens with two attached hydrogens (primary N) is 1.